The fourth-order valence-electron chi connectivity index (χ4n) is 3.24. The second-order valence-electron chi connectivity index (χ2n) is 5.47. The Bertz CT molecular complexity index is 273. The summed E-state index contributed by atoms with van der Waals surface area (Å²) in [4.78, 5) is 2.57. The lowest BCUT2D eigenvalue weighted by atomic mass is 9.82. The monoisotopic (exact) mass is 271 g/mol. The minimum Gasteiger partial charge on any atom is -0.383 e. The lowest BCUT2D eigenvalue weighted by molar-refractivity contribution is 0.0528. The van der Waals surface area contributed by atoms with E-state index < -0.39 is 0 Å². The quantitative estimate of drug-likeness (QED) is 0.592. The third kappa shape index (κ3) is 3.56. The van der Waals surface area contributed by atoms with Gasteiger partial charge in [-0.25, -0.2) is 0 Å². The van der Waals surface area contributed by atoms with E-state index >= 15 is 0 Å². The van der Waals surface area contributed by atoms with Gasteiger partial charge in [0.2, 0.25) is 0 Å². The van der Waals surface area contributed by atoms with Gasteiger partial charge in [-0.3, -0.25) is 0 Å². The van der Waals surface area contributed by atoms with Gasteiger partial charge >= 0.3 is 0 Å². The number of thiocarbonyl (C=S) groups is 1. The molecule has 2 aliphatic heterocycles. The Morgan fingerprint density at radius 3 is 2.61 bits per heavy atom. The topological polar surface area (TPSA) is 36.5 Å². The van der Waals surface area contributed by atoms with Gasteiger partial charge in [-0.05, 0) is 44.9 Å². The lowest BCUT2D eigenvalue weighted by Crippen LogP contribution is -2.56. The molecule has 4 nitrogen and oxygen atoms in total. The van der Waals surface area contributed by atoms with Crippen LogP contribution in [0.15, 0.2) is 0 Å². The van der Waals surface area contributed by atoms with E-state index in [9.17, 15) is 0 Å². The fraction of sp³-hybridized carbons (Fsp3) is 0.923. The molecule has 0 aromatic heterocycles. The summed E-state index contributed by atoms with van der Waals surface area (Å²) >= 11 is 5.32. The first-order chi connectivity index (χ1) is 8.70. The molecule has 2 fully saturated rings. The van der Waals surface area contributed by atoms with Crippen LogP contribution in [0.1, 0.15) is 32.1 Å². The second kappa shape index (κ2) is 6.68. The van der Waals surface area contributed by atoms with E-state index in [1.165, 1.54) is 32.1 Å². The number of rotatable bonds is 4. The van der Waals surface area contributed by atoms with Crippen LogP contribution < -0.4 is 10.6 Å². The van der Waals surface area contributed by atoms with Crippen LogP contribution in [0, 0.1) is 0 Å². The van der Waals surface area contributed by atoms with Crippen molar-refractivity contribution in [2.45, 2.75) is 50.2 Å². The second-order valence-corrected chi connectivity index (χ2v) is 5.87. The summed E-state index contributed by atoms with van der Waals surface area (Å²) in [5.41, 5.74) is 0. The van der Waals surface area contributed by atoms with Gasteiger partial charge in [0.15, 0.2) is 5.11 Å². The molecule has 0 spiro atoms. The first-order valence-electron chi connectivity index (χ1n) is 6.96. The highest BCUT2D eigenvalue weighted by Gasteiger charge is 2.35. The van der Waals surface area contributed by atoms with Crippen LogP contribution in [0.3, 0.4) is 0 Å². The zero-order valence-electron chi connectivity index (χ0n) is 11.4. The number of nitrogens with one attached hydrogen (secondary N) is 2. The minimum absolute atomic E-state index is 0.541. The van der Waals surface area contributed by atoms with Gasteiger partial charge in [0.25, 0.3) is 0 Å². The standard InChI is InChI=1S/C13H25N3OS/c1-16-11-4-3-5-12(16)9-10(8-11)15-13(18)14-6-7-17-2/h10-12H,3-9H2,1-2H3,(H2,14,15,18). The maximum atomic E-state index is 5.32. The summed E-state index contributed by atoms with van der Waals surface area (Å²) in [6, 6.07) is 2.03. The number of methoxy groups -OCH3 is 1. The normalized spacial score (nSPS) is 32.0. The molecule has 0 aromatic rings. The van der Waals surface area contributed by atoms with E-state index in [1.54, 1.807) is 7.11 Å². The van der Waals surface area contributed by atoms with E-state index in [0.717, 1.165) is 23.7 Å². The molecule has 0 aromatic carbocycles. The van der Waals surface area contributed by atoms with Gasteiger partial charge in [-0.15, -0.1) is 0 Å². The Kier molecular flexibility index (Phi) is 5.21. The molecule has 2 aliphatic rings. The van der Waals surface area contributed by atoms with Crippen LogP contribution in [0.25, 0.3) is 0 Å². The molecule has 2 heterocycles. The van der Waals surface area contributed by atoms with Gasteiger partial charge in [-0.2, -0.15) is 0 Å². The molecule has 104 valence electrons. The van der Waals surface area contributed by atoms with Crippen molar-refractivity contribution < 1.29 is 4.74 Å². The number of hydrogen-bond donors (Lipinski definition) is 2. The van der Waals surface area contributed by atoms with Crippen LogP contribution >= 0.6 is 12.2 Å². The molecule has 0 radical (unpaired) electrons. The largest absolute Gasteiger partial charge is 0.383 e. The van der Waals surface area contributed by atoms with E-state index in [0.29, 0.717) is 12.6 Å². The molecule has 2 atom stereocenters. The van der Waals surface area contributed by atoms with Crippen molar-refractivity contribution >= 4 is 17.3 Å². The Morgan fingerprint density at radius 1 is 1.33 bits per heavy atom. The average Bonchev–Trinajstić information content (AvgIpc) is 2.31. The highest BCUT2D eigenvalue weighted by atomic mass is 32.1. The summed E-state index contributed by atoms with van der Waals surface area (Å²) in [7, 11) is 3.98. The van der Waals surface area contributed by atoms with Crippen molar-refractivity contribution in [1.29, 1.82) is 0 Å². The molecule has 2 rings (SSSR count). The first-order valence-corrected chi connectivity index (χ1v) is 7.36. The Morgan fingerprint density at radius 2 is 2.00 bits per heavy atom. The van der Waals surface area contributed by atoms with Crippen molar-refractivity contribution in [3.05, 3.63) is 0 Å². The zero-order valence-corrected chi connectivity index (χ0v) is 12.3. The van der Waals surface area contributed by atoms with Crippen LogP contribution in [-0.2, 0) is 4.74 Å². The third-order valence-electron chi connectivity index (χ3n) is 4.27. The highest BCUT2D eigenvalue weighted by molar-refractivity contribution is 7.80. The molecular formula is C13H25N3OS. The van der Waals surface area contributed by atoms with Crippen molar-refractivity contribution in [1.82, 2.24) is 15.5 Å². The molecule has 5 heteroatoms. The van der Waals surface area contributed by atoms with Crippen molar-refractivity contribution in [2.75, 3.05) is 27.3 Å². The summed E-state index contributed by atoms with van der Waals surface area (Å²) in [5, 5.41) is 7.43. The molecule has 2 bridgehead atoms. The molecular weight excluding hydrogens is 246 g/mol. The predicted octanol–water partition coefficient (Wildman–Crippen LogP) is 1.11. The average molecular weight is 271 g/mol. The predicted molar refractivity (Wildman–Crippen MR) is 77.8 cm³/mol. The summed E-state index contributed by atoms with van der Waals surface area (Å²) in [6.45, 7) is 1.47. The first kappa shape index (κ1) is 14.0. The summed E-state index contributed by atoms with van der Waals surface area (Å²) in [5.74, 6) is 0. The fourth-order valence-corrected chi connectivity index (χ4v) is 3.51. The minimum atomic E-state index is 0.541. The zero-order chi connectivity index (χ0) is 13.0. The number of piperidine rings is 2. The highest BCUT2D eigenvalue weighted by Crippen LogP contribution is 2.32. The molecule has 2 unspecified atom stereocenters. The molecule has 2 N–H and O–H groups in total. The van der Waals surface area contributed by atoms with E-state index in [2.05, 4.69) is 22.6 Å². The van der Waals surface area contributed by atoms with E-state index in [-0.39, 0.29) is 0 Å². The number of ether oxygens (including phenoxy) is 1. The van der Waals surface area contributed by atoms with Gasteiger partial charge in [0.05, 0.1) is 6.61 Å². The van der Waals surface area contributed by atoms with E-state index in [1.807, 2.05) is 0 Å². The number of hydrogen-bond acceptors (Lipinski definition) is 3. The smallest absolute Gasteiger partial charge is 0.166 e. The van der Waals surface area contributed by atoms with Crippen LogP contribution in [0.2, 0.25) is 0 Å². The van der Waals surface area contributed by atoms with Crippen molar-refractivity contribution in [3.8, 4) is 0 Å². The molecule has 2 saturated heterocycles. The van der Waals surface area contributed by atoms with Gasteiger partial charge < -0.3 is 20.3 Å². The van der Waals surface area contributed by atoms with Gasteiger partial charge in [0.1, 0.15) is 0 Å². The summed E-state index contributed by atoms with van der Waals surface area (Å²) < 4.78 is 5.00. The number of nitrogens with zero attached hydrogens (tertiary/aromatic N) is 1. The SMILES string of the molecule is COCCNC(=S)NC1CC2CCCC(C1)N2C. The summed E-state index contributed by atoms with van der Waals surface area (Å²) in [6.07, 6.45) is 6.52. The molecule has 0 amide bonds. The number of fused-ring (bicyclic) bond motifs is 2. The Hall–Kier alpha value is -0.390. The van der Waals surface area contributed by atoms with E-state index in [4.69, 9.17) is 17.0 Å². The third-order valence-corrected chi connectivity index (χ3v) is 4.53. The van der Waals surface area contributed by atoms with Crippen molar-refractivity contribution in [2.24, 2.45) is 0 Å². The van der Waals surface area contributed by atoms with Crippen molar-refractivity contribution in [3.63, 3.8) is 0 Å². The Balaban J connectivity index is 1.75. The van der Waals surface area contributed by atoms with Gasteiger partial charge in [0, 0.05) is 31.8 Å². The van der Waals surface area contributed by atoms with Crippen LogP contribution in [-0.4, -0.2) is 55.4 Å². The van der Waals surface area contributed by atoms with Crippen LogP contribution in [0.5, 0.6) is 0 Å². The maximum absolute atomic E-state index is 5.32. The lowest BCUT2D eigenvalue weighted by Gasteiger charge is -2.47. The molecule has 0 aliphatic carbocycles. The maximum Gasteiger partial charge on any atom is 0.166 e. The molecule has 0 saturated carbocycles. The van der Waals surface area contributed by atoms with Gasteiger partial charge in [-0.1, -0.05) is 6.42 Å². The van der Waals surface area contributed by atoms with Crippen LogP contribution in [0.4, 0.5) is 0 Å². The Labute approximate surface area is 115 Å². The molecule has 18 heavy (non-hydrogen) atoms.